The molecule has 34 heavy (non-hydrogen) atoms. The Morgan fingerprint density at radius 3 is 1.47 bits per heavy atom. The second-order valence-electron chi connectivity index (χ2n) is 9.49. The Labute approximate surface area is 213 Å². The first-order chi connectivity index (χ1) is 16.3. The summed E-state index contributed by atoms with van der Waals surface area (Å²) in [6, 6.07) is 34.7. The van der Waals surface area contributed by atoms with Crippen LogP contribution >= 0.6 is 15.9 Å². The van der Waals surface area contributed by atoms with E-state index in [1.165, 1.54) is 22.2 Å². The fourth-order valence-corrected chi connectivity index (χ4v) is 4.14. The van der Waals surface area contributed by atoms with Crippen LogP contribution in [-0.4, -0.2) is 7.28 Å². The molecule has 4 aromatic carbocycles. The molecule has 4 rings (SSSR count). The summed E-state index contributed by atoms with van der Waals surface area (Å²) >= 11 is 3.56. The average Bonchev–Trinajstić information content (AvgIpc) is 2.85. The third kappa shape index (κ3) is 5.90. The Hall–Kier alpha value is -3.04. The molecule has 0 aliphatic heterocycles. The normalized spacial score (nSPS) is 11.6. The summed E-state index contributed by atoms with van der Waals surface area (Å²) in [5.41, 5.74) is 8.48. The largest absolute Gasteiger partial charge is 0.311 e. The molecular weight excluding hydrogens is 477 g/mol. The second-order valence-corrected chi connectivity index (χ2v) is 10.4. The Morgan fingerprint density at radius 1 is 0.618 bits per heavy atom. The lowest BCUT2D eigenvalue weighted by molar-refractivity contribution is 0.590. The van der Waals surface area contributed by atoms with Crippen LogP contribution in [0.3, 0.4) is 0 Å². The molecule has 3 heteroatoms. The molecule has 0 unspecified atom stereocenters. The summed E-state index contributed by atoms with van der Waals surface area (Å²) in [7, 11) is 2.11. The number of benzene rings is 4. The van der Waals surface area contributed by atoms with E-state index in [9.17, 15) is 0 Å². The maximum Gasteiger partial charge on any atom is 0.148 e. The lowest BCUT2D eigenvalue weighted by Crippen LogP contribution is -2.13. The van der Waals surface area contributed by atoms with Crippen LogP contribution in [-0.2, 0) is 5.41 Å². The highest BCUT2D eigenvalue weighted by Crippen LogP contribution is 2.36. The van der Waals surface area contributed by atoms with Gasteiger partial charge >= 0.3 is 0 Å². The van der Waals surface area contributed by atoms with Crippen LogP contribution in [0.1, 0.15) is 37.5 Å². The van der Waals surface area contributed by atoms with Crippen LogP contribution in [0.2, 0.25) is 6.82 Å². The van der Waals surface area contributed by atoms with E-state index in [1.54, 1.807) is 0 Å². The van der Waals surface area contributed by atoms with Gasteiger partial charge in [0.05, 0.1) is 0 Å². The van der Waals surface area contributed by atoms with Crippen molar-refractivity contribution in [3.63, 3.8) is 0 Å². The van der Waals surface area contributed by atoms with E-state index < -0.39 is 0 Å². The van der Waals surface area contributed by atoms with Crippen LogP contribution in [0.4, 0.5) is 17.1 Å². The molecule has 0 atom stereocenters. The van der Waals surface area contributed by atoms with Gasteiger partial charge in [-0.05, 0) is 70.6 Å². The van der Waals surface area contributed by atoms with Crippen molar-refractivity contribution >= 4 is 57.9 Å². The minimum atomic E-state index is 0.129. The van der Waals surface area contributed by atoms with E-state index >= 15 is 0 Å². The monoisotopic (exact) mass is 506 g/mol. The van der Waals surface area contributed by atoms with Crippen molar-refractivity contribution in [1.29, 1.82) is 0 Å². The molecule has 0 saturated carbocycles. The van der Waals surface area contributed by atoms with E-state index in [2.05, 4.69) is 165 Å². The molecule has 0 heterocycles. The van der Waals surface area contributed by atoms with Gasteiger partial charge in [0.1, 0.15) is 7.28 Å². The zero-order chi connectivity index (χ0) is 24.1. The summed E-state index contributed by atoms with van der Waals surface area (Å²) in [4.78, 5) is 2.30. The topological polar surface area (TPSA) is 3.24 Å². The maximum atomic E-state index is 3.56. The molecule has 0 aliphatic carbocycles. The molecule has 4 aromatic rings. The first-order valence-electron chi connectivity index (χ1n) is 11.7. The van der Waals surface area contributed by atoms with E-state index in [4.69, 9.17) is 0 Å². The van der Waals surface area contributed by atoms with Crippen molar-refractivity contribution in [2.75, 3.05) is 4.90 Å². The number of rotatable bonds is 6. The number of halogens is 1. The molecule has 0 bridgehead atoms. The summed E-state index contributed by atoms with van der Waals surface area (Å²) < 4.78 is 1.07. The summed E-state index contributed by atoms with van der Waals surface area (Å²) in [5.74, 6) is 0. The van der Waals surface area contributed by atoms with Crippen LogP contribution in [0.25, 0.3) is 12.2 Å². The minimum Gasteiger partial charge on any atom is -0.311 e. The molecule has 0 aliphatic rings. The average molecular weight is 507 g/mol. The highest BCUT2D eigenvalue weighted by atomic mass is 79.9. The van der Waals surface area contributed by atoms with Gasteiger partial charge in [-0.1, -0.05) is 110 Å². The first kappa shape index (κ1) is 24.1. The first-order valence-corrected chi connectivity index (χ1v) is 12.5. The minimum absolute atomic E-state index is 0.129. The quantitative estimate of drug-likeness (QED) is 0.186. The van der Waals surface area contributed by atoms with E-state index in [1.807, 2.05) is 0 Å². The summed E-state index contributed by atoms with van der Waals surface area (Å²) in [5, 5.41) is 0. The number of hydrogen-bond donors (Lipinski definition) is 0. The molecule has 1 radical (unpaired) electrons. The highest BCUT2D eigenvalue weighted by molar-refractivity contribution is 9.10. The van der Waals surface area contributed by atoms with Crippen LogP contribution < -0.4 is 10.4 Å². The Bertz CT molecular complexity index is 1230. The predicted molar refractivity (Wildman–Crippen MR) is 154 cm³/mol. The number of hydrogen-bond acceptors (Lipinski definition) is 1. The van der Waals surface area contributed by atoms with Crippen molar-refractivity contribution in [3.05, 3.63) is 118 Å². The highest BCUT2D eigenvalue weighted by Gasteiger charge is 2.16. The third-order valence-corrected chi connectivity index (χ3v) is 6.49. The van der Waals surface area contributed by atoms with Crippen molar-refractivity contribution < 1.29 is 0 Å². The summed E-state index contributed by atoms with van der Waals surface area (Å²) in [6.07, 6.45) is 4.32. The van der Waals surface area contributed by atoms with Gasteiger partial charge in [-0.3, -0.25) is 0 Å². The van der Waals surface area contributed by atoms with Gasteiger partial charge in [0.2, 0.25) is 0 Å². The molecular formula is C31H30BBrN. The van der Waals surface area contributed by atoms with Crippen molar-refractivity contribution in [2.24, 2.45) is 0 Å². The van der Waals surface area contributed by atoms with Crippen LogP contribution in [0.5, 0.6) is 0 Å². The lowest BCUT2D eigenvalue weighted by Gasteiger charge is -2.27. The zero-order valence-electron chi connectivity index (χ0n) is 20.3. The lowest BCUT2D eigenvalue weighted by atomic mass is 9.73. The fraction of sp³-hybridized carbons (Fsp3) is 0.161. The van der Waals surface area contributed by atoms with Gasteiger partial charge in [-0.2, -0.15) is 0 Å². The molecule has 0 saturated heterocycles. The van der Waals surface area contributed by atoms with Crippen molar-refractivity contribution in [3.8, 4) is 0 Å². The SMILES string of the molecule is C[B]c1ccc(/C=C/c2ccc(N(c3ccc(Br)cc3)c3ccc(C(C)(C)C)cc3)cc2)cc1. The third-order valence-electron chi connectivity index (χ3n) is 5.97. The smallest absolute Gasteiger partial charge is 0.148 e. The van der Waals surface area contributed by atoms with Crippen molar-refractivity contribution in [2.45, 2.75) is 33.0 Å². The van der Waals surface area contributed by atoms with Gasteiger partial charge in [-0.15, -0.1) is 0 Å². The Kier molecular flexibility index (Phi) is 7.43. The van der Waals surface area contributed by atoms with Crippen molar-refractivity contribution in [1.82, 2.24) is 0 Å². The molecule has 0 amide bonds. The molecule has 169 valence electrons. The molecule has 0 aromatic heterocycles. The zero-order valence-corrected chi connectivity index (χ0v) is 21.9. The van der Waals surface area contributed by atoms with Gasteiger partial charge in [0.15, 0.2) is 0 Å². The second kappa shape index (κ2) is 10.5. The van der Waals surface area contributed by atoms with E-state index in [0.717, 1.165) is 21.5 Å². The Balaban J connectivity index is 1.63. The summed E-state index contributed by atoms with van der Waals surface area (Å²) in [6.45, 7) is 8.80. The number of nitrogens with zero attached hydrogens (tertiary/aromatic N) is 1. The van der Waals surface area contributed by atoms with E-state index in [0.29, 0.717) is 0 Å². The molecule has 0 spiro atoms. The van der Waals surface area contributed by atoms with Gasteiger partial charge < -0.3 is 4.90 Å². The fourth-order valence-electron chi connectivity index (χ4n) is 3.87. The number of anilines is 3. The predicted octanol–water partition coefficient (Wildman–Crippen LogP) is 8.76. The molecule has 0 fully saturated rings. The van der Waals surface area contributed by atoms with Gasteiger partial charge in [-0.25, -0.2) is 0 Å². The van der Waals surface area contributed by atoms with Crippen LogP contribution in [0.15, 0.2) is 102 Å². The molecule has 1 nitrogen and oxygen atoms in total. The van der Waals surface area contributed by atoms with E-state index in [-0.39, 0.29) is 5.41 Å². The standard InChI is InChI=1S/C31H30BBrN/c1-31(2,3)25-11-19-29(20-12-25)34(30-21-15-27(33)16-22-30)28-17-9-24(10-18-28)6-5-23-7-13-26(32-4)14-8-23/h5-22H,1-4H3/b6-5+. The van der Waals surface area contributed by atoms with Gasteiger partial charge in [0.25, 0.3) is 0 Å². The molecule has 0 N–H and O–H groups in total. The maximum absolute atomic E-state index is 3.56. The van der Waals surface area contributed by atoms with Crippen LogP contribution in [0, 0.1) is 0 Å². The Morgan fingerprint density at radius 2 is 1.03 bits per heavy atom. The van der Waals surface area contributed by atoms with Gasteiger partial charge in [0, 0.05) is 21.5 Å².